The van der Waals surface area contributed by atoms with Crippen molar-refractivity contribution in [3.8, 4) is 0 Å². The van der Waals surface area contributed by atoms with Gasteiger partial charge in [-0.2, -0.15) is 0 Å². The molecule has 1 aromatic carbocycles. The Bertz CT molecular complexity index is 480. The lowest BCUT2D eigenvalue weighted by atomic mass is 10.0. The number of urea groups is 1. The normalized spacial score (nSPS) is 12.6. The Balaban J connectivity index is 0.00000400. The molecule has 21 heavy (non-hydrogen) atoms. The maximum absolute atomic E-state index is 11.9. The van der Waals surface area contributed by atoms with Gasteiger partial charge in [0.15, 0.2) is 0 Å². The van der Waals surface area contributed by atoms with Crippen LogP contribution in [0.2, 0.25) is 0 Å². The Kier molecular flexibility index (Phi) is 8.42. The summed E-state index contributed by atoms with van der Waals surface area (Å²) in [6, 6.07) is 6.47. The summed E-state index contributed by atoms with van der Waals surface area (Å²) in [7, 11) is 0. The summed E-state index contributed by atoms with van der Waals surface area (Å²) in [5.41, 5.74) is 6.93. The number of anilines is 2. The lowest BCUT2D eigenvalue weighted by Gasteiger charge is -2.15. The fraction of sp³-hybridized carbons (Fsp3) is 0.429. The van der Waals surface area contributed by atoms with Crippen molar-refractivity contribution in [2.24, 2.45) is 11.7 Å². The molecule has 1 aromatic rings. The number of carbonyl (C=O) groups excluding carboxylic acids is 2. The van der Waals surface area contributed by atoms with Crippen LogP contribution in [0.25, 0.3) is 0 Å². The topological polar surface area (TPSA) is 96.2 Å². The van der Waals surface area contributed by atoms with Gasteiger partial charge in [-0.15, -0.1) is 12.4 Å². The fourth-order valence-corrected chi connectivity index (χ4v) is 1.51. The molecule has 7 heteroatoms. The van der Waals surface area contributed by atoms with Crippen molar-refractivity contribution >= 4 is 35.7 Å². The van der Waals surface area contributed by atoms with Gasteiger partial charge in [-0.1, -0.05) is 13.0 Å². The third-order valence-corrected chi connectivity index (χ3v) is 2.93. The molecule has 0 spiro atoms. The summed E-state index contributed by atoms with van der Waals surface area (Å²) in [4.78, 5) is 23.3. The van der Waals surface area contributed by atoms with Gasteiger partial charge in [0.05, 0.1) is 5.92 Å². The number of nitrogens with two attached hydrogens (primary N) is 1. The highest BCUT2D eigenvalue weighted by atomic mass is 35.5. The first-order chi connectivity index (χ1) is 9.43. The number of rotatable bonds is 5. The second kappa shape index (κ2) is 9.20. The minimum Gasteiger partial charge on any atom is -0.338 e. The van der Waals surface area contributed by atoms with E-state index in [1.165, 1.54) is 0 Å². The van der Waals surface area contributed by atoms with Gasteiger partial charge in [0.2, 0.25) is 5.91 Å². The lowest BCUT2D eigenvalue weighted by molar-refractivity contribution is -0.119. The number of halogens is 1. The predicted octanol–water partition coefficient (Wildman–Crippen LogP) is 2.17. The molecular formula is C14H23ClN4O2. The van der Waals surface area contributed by atoms with Crippen LogP contribution in [-0.2, 0) is 4.79 Å². The van der Waals surface area contributed by atoms with Crippen molar-refractivity contribution in [2.45, 2.75) is 26.8 Å². The molecule has 2 atom stereocenters. The van der Waals surface area contributed by atoms with Gasteiger partial charge in [0, 0.05) is 24.0 Å². The van der Waals surface area contributed by atoms with Gasteiger partial charge < -0.3 is 21.7 Å². The molecule has 0 saturated carbocycles. The standard InChI is InChI=1S/C14H22N4O2.ClH/c1-4-16-14(20)18-12-7-5-6-11(8-12)17-13(19)9(2)10(3)15;/h5-10H,4,15H2,1-3H3,(H,17,19)(H2,16,18,20);1H. The highest BCUT2D eigenvalue weighted by Gasteiger charge is 2.17. The van der Waals surface area contributed by atoms with E-state index in [2.05, 4.69) is 16.0 Å². The molecule has 0 radical (unpaired) electrons. The average Bonchev–Trinajstić information content (AvgIpc) is 2.38. The first-order valence-electron chi connectivity index (χ1n) is 6.65. The Morgan fingerprint density at radius 2 is 1.76 bits per heavy atom. The van der Waals surface area contributed by atoms with Crippen molar-refractivity contribution in [2.75, 3.05) is 17.2 Å². The second-order valence-electron chi connectivity index (χ2n) is 4.70. The van der Waals surface area contributed by atoms with Gasteiger partial charge >= 0.3 is 6.03 Å². The second-order valence-corrected chi connectivity index (χ2v) is 4.70. The molecule has 1 rings (SSSR count). The first kappa shape index (κ1) is 19.2. The molecule has 0 fully saturated rings. The molecule has 0 aliphatic rings. The zero-order chi connectivity index (χ0) is 15.1. The maximum Gasteiger partial charge on any atom is 0.319 e. The van der Waals surface area contributed by atoms with E-state index in [1.807, 2.05) is 6.92 Å². The molecule has 118 valence electrons. The van der Waals surface area contributed by atoms with E-state index in [0.717, 1.165) is 0 Å². The number of nitrogens with one attached hydrogen (secondary N) is 3. The van der Waals surface area contributed by atoms with Gasteiger partial charge in [-0.05, 0) is 32.0 Å². The molecule has 2 unspecified atom stereocenters. The molecule has 3 amide bonds. The van der Waals surface area contributed by atoms with Crippen LogP contribution in [0.15, 0.2) is 24.3 Å². The van der Waals surface area contributed by atoms with Crippen molar-refractivity contribution in [1.82, 2.24) is 5.32 Å². The van der Waals surface area contributed by atoms with Crippen LogP contribution in [0.5, 0.6) is 0 Å². The molecule has 6 nitrogen and oxygen atoms in total. The van der Waals surface area contributed by atoms with Crippen LogP contribution in [0, 0.1) is 5.92 Å². The van der Waals surface area contributed by atoms with Crippen LogP contribution in [0.3, 0.4) is 0 Å². The Morgan fingerprint density at radius 3 is 2.29 bits per heavy atom. The van der Waals surface area contributed by atoms with E-state index in [4.69, 9.17) is 5.73 Å². The SMILES string of the molecule is CCNC(=O)Nc1cccc(NC(=O)C(C)C(C)N)c1.Cl. The third-order valence-electron chi connectivity index (χ3n) is 2.93. The van der Waals surface area contributed by atoms with E-state index in [-0.39, 0.29) is 36.3 Å². The largest absolute Gasteiger partial charge is 0.338 e. The van der Waals surface area contributed by atoms with E-state index >= 15 is 0 Å². The summed E-state index contributed by atoms with van der Waals surface area (Å²) in [5.74, 6) is -0.426. The molecule has 0 saturated heterocycles. The van der Waals surface area contributed by atoms with E-state index in [0.29, 0.717) is 17.9 Å². The summed E-state index contributed by atoms with van der Waals surface area (Å²) in [5, 5.41) is 8.09. The molecule has 0 bridgehead atoms. The Morgan fingerprint density at radius 1 is 1.19 bits per heavy atom. The zero-order valence-electron chi connectivity index (χ0n) is 12.5. The molecule has 0 heterocycles. The van der Waals surface area contributed by atoms with Crippen LogP contribution < -0.4 is 21.7 Å². The Hall–Kier alpha value is -1.79. The van der Waals surface area contributed by atoms with Crippen LogP contribution in [0.4, 0.5) is 16.2 Å². The van der Waals surface area contributed by atoms with Crippen molar-refractivity contribution in [1.29, 1.82) is 0 Å². The summed E-state index contributed by atoms with van der Waals surface area (Å²) in [6.45, 7) is 5.95. The van der Waals surface area contributed by atoms with E-state index in [1.54, 1.807) is 38.1 Å². The number of amides is 3. The van der Waals surface area contributed by atoms with Crippen LogP contribution in [0.1, 0.15) is 20.8 Å². The van der Waals surface area contributed by atoms with Gasteiger partial charge in [-0.3, -0.25) is 4.79 Å². The molecular weight excluding hydrogens is 292 g/mol. The van der Waals surface area contributed by atoms with Crippen molar-refractivity contribution in [3.05, 3.63) is 24.3 Å². The first-order valence-corrected chi connectivity index (χ1v) is 6.65. The van der Waals surface area contributed by atoms with E-state index in [9.17, 15) is 9.59 Å². The summed E-state index contributed by atoms with van der Waals surface area (Å²) in [6.07, 6.45) is 0. The fourth-order valence-electron chi connectivity index (χ4n) is 1.51. The summed E-state index contributed by atoms with van der Waals surface area (Å²) < 4.78 is 0. The number of carbonyl (C=O) groups is 2. The van der Waals surface area contributed by atoms with Gasteiger partial charge in [0.1, 0.15) is 0 Å². The van der Waals surface area contributed by atoms with Crippen molar-refractivity contribution in [3.63, 3.8) is 0 Å². The average molecular weight is 315 g/mol. The lowest BCUT2D eigenvalue weighted by Crippen LogP contribution is -2.34. The quantitative estimate of drug-likeness (QED) is 0.670. The van der Waals surface area contributed by atoms with Crippen LogP contribution in [-0.4, -0.2) is 24.5 Å². The monoisotopic (exact) mass is 314 g/mol. The molecule has 0 aliphatic carbocycles. The number of hydrogen-bond acceptors (Lipinski definition) is 3. The smallest absolute Gasteiger partial charge is 0.319 e. The molecule has 0 aromatic heterocycles. The zero-order valence-corrected chi connectivity index (χ0v) is 13.3. The highest BCUT2D eigenvalue weighted by Crippen LogP contribution is 2.16. The maximum atomic E-state index is 11.9. The Labute approximate surface area is 131 Å². The molecule has 5 N–H and O–H groups in total. The number of hydrogen-bond donors (Lipinski definition) is 4. The van der Waals surface area contributed by atoms with Crippen LogP contribution >= 0.6 is 12.4 Å². The van der Waals surface area contributed by atoms with Gasteiger partial charge in [0.25, 0.3) is 0 Å². The third kappa shape index (κ3) is 6.46. The van der Waals surface area contributed by atoms with E-state index < -0.39 is 0 Å². The van der Waals surface area contributed by atoms with Crippen molar-refractivity contribution < 1.29 is 9.59 Å². The van der Waals surface area contributed by atoms with Gasteiger partial charge in [-0.25, -0.2) is 4.79 Å². The predicted molar refractivity (Wildman–Crippen MR) is 87.8 cm³/mol. The summed E-state index contributed by atoms with van der Waals surface area (Å²) >= 11 is 0. The minimum atomic E-state index is -0.282. The minimum absolute atomic E-state index is 0. The highest BCUT2D eigenvalue weighted by molar-refractivity contribution is 5.94. The molecule has 0 aliphatic heterocycles. The number of benzene rings is 1.